The molecule has 0 spiro atoms. The maximum absolute atomic E-state index is 11.0. The molecule has 2 aromatic carbocycles. The lowest BCUT2D eigenvalue weighted by Gasteiger charge is -2.03. The van der Waals surface area contributed by atoms with Crippen molar-refractivity contribution in [2.75, 3.05) is 13.2 Å². The number of aliphatic hydroxyl groups is 1. The Morgan fingerprint density at radius 3 is 1.60 bits per heavy atom. The third-order valence-electron chi connectivity index (χ3n) is 3.44. The van der Waals surface area contributed by atoms with Crippen LogP contribution < -0.4 is 0 Å². The van der Waals surface area contributed by atoms with Crippen LogP contribution >= 0.6 is 0 Å². The van der Waals surface area contributed by atoms with Gasteiger partial charge in [-0.05, 0) is 25.0 Å². The molecule has 7 nitrogen and oxygen atoms in total. The van der Waals surface area contributed by atoms with Crippen molar-refractivity contribution in [3.63, 3.8) is 0 Å². The van der Waals surface area contributed by atoms with Crippen molar-refractivity contribution in [1.82, 2.24) is 0 Å². The van der Waals surface area contributed by atoms with Crippen LogP contribution in [0.3, 0.4) is 0 Å². The number of benzene rings is 2. The number of hydrogen-bond acceptors (Lipinski definition) is 6. The quantitative estimate of drug-likeness (QED) is 0.403. The van der Waals surface area contributed by atoms with E-state index in [1.54, 1.807) is 13.8 Å². The Hall–Kier alpha value is -4.23. The first-order valence-corrected chi connectivity index (χ1v) is 10.4. The average molecular weight is 483 g/mol. The number of aliphatic carboxylic acids is 1. The van der Waals surface area contributed by atoms with Gasteiger partial charge in [0.2, 0.25) is 0 Å². The van der Waals surface area contributed by atoms with Gasteiger partial charge in [0.25, 0.3) is 0 Å². The van der Waals surface area contributed by atoms with Gasteiger partial charge in [0, 0.05) is 17.2 Å². The molecule has 188 valence electrons. The van der Waals surface area contributed by atoms with E-state index in [0.717, 1.165) is 11.6 Å². The Morgan fingerprint density at radius 2 is 1.26 bits per heavy atom. The van der Waals surface area contributed by atoms with Crippen molar-refractivity contribution >= 4 is 24.0 Å². The minimum absolute atomic E-state index is 0.0473. The topological polar surface area (TPSA) is 110 Å². The number of carboxylic acids is 1. The minimum atomic E-state index is -0.981. The van der Waals surface area contributed by atoms with Crippen LogP contribution in [-0.4, -0.2) is 41.3 Å². The highest BCUT2D eigenvalue weighted by Gasteiger charge is 2.02. The van der Waals surface area contributed by atoms with Crippen LogP contribution in [0.25, 0.3) is 6.08 Å². The van der Waals surface area contributed by atoms with Crippen molar-refractivity contribution in [3.8, 4) is 0 Å². The molecular weight excluding hydrogens is 448 g/mol. The van der Waals surface area contributed by atoms with Crippen molar-refractivity contribution in [2.45, 2.75) is 20.5 Å². The number of rotatable bonds is 8. The lowest BCUT2D eigenvalue weighted by molar-refractivity contribution is -0.140. The molecule has 0 fully saturated rings. The molecule has 2 rings (SSSR count). The van der Waals surface area contributed by atoms with Gasteiger partial charge >= 0.3 is 17.9 Å². The standard InChI is InChI=1S/C11H12O2.C8H8.C6H10O3.C3H4O2/c1-9(2)11(12)13-8-10-6-4-3-5-7-10;1-2-8-6-4-3-5-7-8;1-5(2)6(8)9-4-3-7;1-2-3(4)5/h3-7H,1,8H2,2H3;2-7H,1H2;7H,1,3-4H2,2H3;2H,1H2,(H,4,5). The molecule has 0 heterocycles. The van der Waals surface area contributed by atoms with Gasteiger partial charge in [0.15, 0.2) is 0 Å². The van der Waals surface area contributed by atoms with E-state index in [4.69, 9.17) is 14.9 Å². The summed E-state index contributed by atoms with van der Waals surface area (Å²) >= 11 is 0. The van der Waals surface area contributed by atoms with Gasteiger partial charge in [-0.25, -0.2) is 14.4 Å². The first-order valence-electron chi connectivity index (χ1n) is 10.4. The van der Waals surface area contributed by atoms with Crippen molar-refractivity contribution in [1.29, 1.82) is 0 Å². The minimum Gasteiger partial charge on any atom is -0.478 e. The summed E-state index contributed by atoms with van der Waals surface area (Å²) in [5.74, 6) is -1.78. The van der Waals surface area contributed by atoms with E-state index in [9.17, 15) is 14.4 Å². The average Bonchev–Trinajstić information content (AvgIpc) is 2.87. The van der Waals surface area contributed by atoms with E-state index in [1.165, 1.54) is 5.56 Å². The largest absolute Gasteiger partial charge is 0.478 e. The van der Waals surface area contributed by atoms with Crippen molar-refractivity contribution < 1.29 is 34.1 Å². The summed E-state index contributed by atoms with van der Waals surface area (Å²) in [4.78, 5) is 30.7. The summed E-state index contributed by atoms with van der Waals surface area (Å²) < 4.78 is 9.42. The highest BCUT2D eigenvalue weighted by Crippen LogP contribution is 2.02. The number of esters is 2. The van der Waals surface area contributed by atoms with Gasteiger partial charge in [0.05, 0.1) is 6.61 Å². The second kappa shape index (κ2) is 21.6. The van der Waals surface area contributed by atoms with Gasteiger partial charge < -0.3 is 19.7 Å². The first-order chi connectivity index (χ1) is 16.6. The third-order valence-corrected chi connectivity index (χ3v) is 3.44. The zero-order chi connectivity index (χ0) is 27.1. The lowest BCUT2D eigenvalue weighted by Crippen LogP contribution is -2.08. The molecule has 0 aromatic heterocycles. The van der Waals surface area contributed by atoms with E-state index in [2.05, 4.69) is 31.1 Å². The van der Waals surface area contributed by atoms with Gasteiger partial charge in [-0.1, -0.05) is 93.1 Å². The van der Waals surface area contributed by atoms with Crippen molar-refractivity contribution in [3.05, 3.63) is 115 Å². The van der Waals surface area contributed by atoms with Crippen molar-refractivity contribution in [2.24, 2.45) is 0 Å². The molecule has 2 aromatic rings. The van der Waals surface area contributed by atoms with Crippen LogP contribution in [0.4, 0.5) is 0 Å². The highest BCUT2D eigenvalue weighted by atomic mass is 16.5. The smallest absolute Gasteiger partial charge is 0.333 e. The predicted molar refractivity (Wildman–Crippen MR) is 138 cm³/mol. The van der Waals surface area contributed by atoms with E-state index < -0.39 is 11.9 Å². The molecule has 7 heteroatoms. The Balaban J connectivity index is 0. The van der Waals surface area contributed by atoms with Gasteiger partial charge in [-0.15, -0.1) is 0 Å². The molecule has 0 aliphatic heterocycles. The maximum Gasteiger partial charge on any atom is 0.333 e. The monoisotopic (exact) mass is 482 g/mol. The molecule has 0 atom stereocenters. The summed E-state index contributed by atoms with van der Waals surface area (Å²) in [6.45, 7) is 16.8. The fourth-order valence-electron chi connectivity index (χ4n) is 1.70. The summed E-state index contributed by atoms with van der Waals surface area (Å²) in [7, 11) is 0. The molecular formula is C28H34O7. The van der Waals surface area contributed by atoms with Crippen LogP contribution in [0.5, 0.6) is 0 Å². The molecule has 35 heavy (non-hydrogen) atoms. The van der Waals surface area contributed by atoms with Crippen LogP contribution in [0.2, 0.25) is 0 Å². The second-order valence-corrected chi connectivity index (χ2v) is 6.64. The fraction of sp³-hybridized carbons (Fsp3) is 0.179. The zero-order valence-electron chi connectivity index (χ0n) is 20.3. The molecule has 2 N–H and O–H groups in total. The van der Waals surface area contributed by atoms with E-state index in [0.29, 0.717) is 17.8 Å². The number of ether oxygens (including phenoxy) is 2. The number of hydrogen-bond donors (Lipinski definition) is 2. The van der Waals surface area contributed by atoms with E-state index in [-0.39, 0.29) is 19.2 Å². The maximum atomic E-state index is 11.0. The van der Waals surface area contributed by atoms with Crippen LogP contribution in [-0.2, 0) is 30.5 Å². The summed E-state index contributed by atoms with van der Waals surface area (Å²) in [5.41, 5.74) is 2.93. The number of aliphatic hydroxyl groups excluding tert-OH is 1. The molecule has 0 bridgehead atoms. The Labute approximate surface area is 207 Å². The number of carbonyl (C=O) groups excluding carboxylic acids is 2. The lowest BCUT2D eigenvalue weighted by atomic mass is 10.2. The third kappa shape index (κ3) is 21.4. The van der Waals surface area contributed by atoms with Crippen LogP contribution in [0.1, 0.15) is 25.0 Å². The molecule has 0 amide bonds. The van der Waals surface area contributed by atoms with Crippen LogP contribution in [0, 0.1) is 0 Å². The Morgan fingerprint density at radius 1 is 0.829 bits per heavy atom. The van der Waals surface area contributed by atoms with E-state index >= 15 is 0 Å². The summed E-state index contributed by atoms with van der Waals surface area (Å²) in [6, 6.07) is 19.6. The van der Waals surface area contributed by atoms with Gasteiger partial charge in [0.1, 0.15) is 13.2 Å². The Bertz CT molecular complexity index is 932. The van der Waals surface area contributed by atoms with E-state index in [1.807, 2.05) is 66.7 Å². The molecule has 0 radical (unpaired) electrons. The van der Waals surface area contributed by atoms with Gasteiger partial charge in [-0.3, -0.25) is 0 Å². The SMILES string of the molecule is C=C(C)C(=O)OCCO.C=C(C)C(=O)OCc1ccccc1.C=CC(=O)O.C=Cc1ccccc1. The number of carbonyl (C=O) groups is 3. The second-order valence-electron chi connectivity index (χ2n) is 6.64. The predicted octanol–water partition coefficient (Wildman–Crippen LogP) is 4.99. The summed E-state index contributed by atoms with van der Waals surface area (Å²) in [5, 5.41) is 15.8. The molecule has 0 aliphatic carbocycles. The van der Waals surface area contributed by atoms with Gasteiger partial charge in [-0.2, -0.15) is 0 Å². The summed E-state index contributed by atoms with van der Waals surface area (Å²) in [6.07, 6.45) is 2.67. The normalized spacial score (nSPS) is 8.54. The zero-order valence-corrected chi connectivity index (χ0v) is 20.3. The Kier molecular flexibility index (Phi) is 20.3. The fourth-order valence-corrected chi connectivity index (χ4v) is 1.70. The molecule has 0 saturated heterocycles. The first kappa shape index (κ1) is 32.9. The molecule has 0 saturated carbocycles. The molecule has 0 unspecified atom stereocenters. The van der Waals surface area contributed by atoms with Crippen LogP contribution in [0.15, 0.2) is 104 Å². The molecule has 0 aliphatic rings. The number of carboxylic acid groups (broad SMARTS) is 1. The highest BCUT2D eigenvalue weighted by molar-refractivity contribution is 5.87.